The van der Waals surface area contributed by atoms with Gasteiger partial charge in [0.25, 0.3) is 5.91 Å². The standard InChI is InChI=1S/C18H22ClN3O4/c1-3-9-22(10-4-2)16(23)12-26-17(24)11-15(21-18(20)25)13-5-7-14(19)8-6-13/h3-8,15H,1-2,9-12H2,(H3,20,21,25)/t15-/m1/s1. The lowest BCUT2D eigenvalue weighted by Gasteiger charge is -2.20. The van der Waals surface area contributed by atoms with Crippen LogP contribution in [0.3, 0.4) is 0 Å². The molecule has 0 fully saturated rings. The summed E-state index contributed by atoms with van der Waals surface area (Å²) in [5.41, 5.74) is 5.79. The van der Waals surface area contributed by atoms with Crippen molar-refractivity contribution < 1.29 is 19.1 Å². The van der Waals surface area contributed by atoms with Gasteiger partial charge in [-0.05, 0) is 17.7 Å². The van der Waals surface area contributed by atoms with Gasteiger partial charge in [-0.25, -0.2) is 4.79 Å². The molecule has 1 atom stereocenters. The molecule has 3 amide bonds. The second-order valence-corrected chi connectivity index (χ2v) is 5.79. The molecule has 0 saturated carbocycles. The number of nitrogens with one attached hydrogen (secondary N) is 1. The Hall–Kier alpha value is -2.80. The van der Waals surface area contributed by atoms with Crippen LogP contribution in [0.15, 0.2) is 49.6 Å². The summed E-state index contributed by atoms with van der Waals surface area (Å²) >= 11 is 5.83. The summed E-state index contributed by atoms with van der Waals surface area (Å²) in [5.74, 6) is -1.02. The molecular formula is C18H22ClN3O4. The highest BCUT2D eigenvalue weighted by Crippen LogP contribution is 2.20. The number of benzene rings is 1. The average molecular weight is 380 g/mol. The number of ether oxygens (including phenoxy) is 1. The largest absolute Gasteiger partial charge is 0.455 e. The molecule has 26 heavy (non-hydrogen) atoms. The number of carbonyl (C=O) groups is 3. The SMILES string of the molecule is C=CCN(CC=C)C(=O)COC(=O)C[C@@H](NC(N)=O)c1ccc(Cl)cc1. The van der Waals surface area contributed by atoms with Crippen molar-refractivity contribution in [3.63, 3.8) is 0 Å². The predicted molar refractivity (Wildman–Crippen MR) is 99.5 cm³/mol. The lowest BCUT2D eigenvalue weighted by atomic mass is 10.0. The summed E-state index contributed by atoms with van der Waals surface area (Å²) in [6.07, 6.45) is 2.95. The van der Waals surface area contributed by atoms with Gasteiger partial charge in [-0.15, -0.1) is 13.2 Å². The molecule has 1 aromatic carbocycles. The summed E-state index contributed by atoms with van der Waals surface area (Å²) in [6, 6.07) is 5.12. The molecule has 0 spiro atoms. The number of hydrogen-bond acceptors (Lipinski definition) is 4. The molecule has 0 unspecified atom stereocenters. The Bertz CT molecular complexity index is 651. The number of primary amides is 1. The van der Waals surface area contributed by atoms with Gasteiger partial charge in [-0.2, -0.15) is 0 Å². The Morgan fingerprint density at radius 1 is 1.19 bits per heavy atom. The van der Waals surface area contributed by atoms with Gasteiger partial charge in [0.15, 0.2) is 6.61 Å². The van der Waals surface area contributed by atoms with Gasteiger partial charge in [0, 0.05) is 18.1 Å². The van der Waals surface area contributed by atoms with Crippen molar-refractivity contribution in [2.24, 2.45) is 5.73 Å². The van der Waals surface area contributed by atoms with Crippen molar-refractivity contribution in [2.45, 2.75) is 12.5 Å². The molecule has 0 aliphatic heterocycles. The second kappa shape index (κ2) is 10.9. The van der Waals surface area contributed by atoms with Gasteiger partial charge in [0.1, 0.15) is 0 Å². The van der Waals surface area contributed by atoms with E-state index in [0.29, 0.717) is 23.7 Å². The van der Waals surface area contributed by atoms with Crippen LogP contribution in [0.25, 0.3) is 0 Å². The van der Waals surface area contributed by atoms with Crippen LogP contribution in [-0.4, -0.2) is 42.5 Å². The molecule has 0 aliphatic carbocycles. The maximum absolute atomic E-state index is 12.1. The number of hydrogen-bond donors (Lipinski definition) is 2. The minimum absolute atomic E-state index is 0.180. The maximum atomic E-state index is 12.1. The third-order valence-electron chi connectivity index (χ3n) is 3.37. The molecule has 0 radical (unpaired) electrons. The fraction of sp³-hybridized carbons (Fsp3) is 0.278. The molecule has 7 nitrogen and oxygen atoms in total. The van der Waals surface area contributed by atoms with E-state index in [1.165, 1.54) is 4.90 Å². The van der Waals surface area contributed by atoms with E-state index >= 15 is 0 Å². The maximum Gasteiger partial charge on any atom is 0.312 e. The van der Waals surface area contributed by atoms with Crippen LogP contribution < -0.4 is 11.1 Å². The Balaban J connectivity index is 2.67. The van der Waals surface area contributed by atoms with E-state index < -0.39 is 24.6 Å². The average Bonchev–Trinajstić information content (AvgIpc) is 2.59. The Morgan fingerprint density at radius 3 is 2.27 bits per heavy atom. The van der Waals surface area contributed by atoms with Crippen molar-refractivity contribution in [3.8, 4) is 0 Å². The molecule has 8 heteroatoms. The lowest BCUT2D eigenvalue weighted by molar-refractivity contribution is -0.152. The smallest absolute Gasteiger partial charge is 0.312 e. The summed E-state index contributed by atoms with van der Waals surface area (Å²) in [6.45, 7) is 7.36. The zero-order chi connectivity index (χ0) is 19.5. The van der Waals surface area contributed by atoms with Crippen molar-refractivity contribution in [1.29, 1.82) is 0 Å². The minimum Gasteiger partial charge on any atom is -0.455 e. The fourth-order valence-electron chi connectivity index (χ4n) is 2.17. The molecule has 0 heterocycles. The van der Waals surface area contributed by atoms with E-state index in [-0.39, 0.29) is 12.3 Å². The Labute approximate surface area is 157 Å². The summed E-state index contributed by atoms with van der Waals surface area (Å²) in [7, 11) is 0. The first kappa shape index (κ1) is 21.2. The molecule has 0 aliphatic rings. The second-order valence-electron chi connectivity index (χ2n) is 5.35. The number of amides is 3. The van der Waals surface area contributed by atoms with Crippen LogP contribution >= 0.6 is 11.6 Å². The first-order valence-electron chi connectivity index (χ1n) is 7.84. The van der Waals surface area contributed by atoms with Crippen molar-refractivity contribution >= 4 is 29.5 Å². The molecule has 1 aromatic rings. The van der Waals surface area contributed by atoms with E-state index in [1.54, 1.807) is 36.4 Å². The van der Waals surface area contributed by atoms with Crippen LogP contribution in [0.2, 0.25) is 5.02 Å². The fourth-order valence-corrected chi connectivity index (χ4v) is 2.29. The van der Waals surface area contributed by atoms with Crippen LogP contribution in [-0.2, 0) is 14.3 Å². The molecule has 140 valence electrons. The van der Waals surface area contributed by atoms with Gasteiger partial charge in [0.05, 0.1) is 12.5 Å². The van der Waals surface area contributed by atoms with E-state index in [2.05, 4.69) is 18.5 Å². The number of carbonyl (C=O) groups excluding carboxylic acids is 3. The van der Waals surface area contributed by atoms with E-state index in [4.69, 9.17) is 22.1 Å². The summed E-state index contributed by atoms with van der Waals surface area (Å²) in [4.78, 5) is 36.7. The molecule has 0 saturated heterocycles. The summed E-state index contributed by atoms with van der Waals surface area (Å²) < 4.78 is 5.02. The lowest BCUT2D eigenvalue weighted by Crippen LogP contribution is -2.36. The topological polar surface area (TPSA) is 102 Å². The van der Waals surface area contributed by atoms with Gasteiger partial charge in [-0.1, -0.05) is 35.9 Å². The highest BCUT2D eigenvalue weighted by molar-refractivity contribution is 6.30. The summed E-state index contributed by atoms with van der Waals surface area (Å²) in [5, 5.41) is 2.99. The first-order valence-corrected chi connectivity index (χ1v) is 8.21. The minimum atomic E-state index is -0.781. The van der Waals surface area contributed by atoms with Crippen molar-refractivity contribution in [3.05, 3.63) is 60.2 Å². The number of nitrogens with zero attached hydrogens (tertiary/aromatic N) is 1. The highest BCUT2D eigenvalue weighted by Gasteiger charge is 2.20. The monoisotopic (exact) mass is 379 g/mol. The third kappa shape index (κ3) is 7.40. The predicted octanol–water partition coefficient (Wildman–Crippen LogP) is 2.18. The Morgan fingerprint density at radius 2 is 1.77 bits per heavy atom. The van der Waals surface area contributed by atoms with Crippen LogP contribution in [0.1, 0.15) is 18.0 Å². The van der Waals surface area contributed by atoms with Gasteiger partial charge >= 0.3 is 12.0 Å². The highest BCUT2D eigenvalue weighted by atomic mass is 35.5. The number of halogens is 1. The van der Waals surface area contributed by atoms with E-state index in [1.807, 2.05) is 0 Å². The van der Waals surface area contributed by atoms with E-state index in [9.17, 15) is 14.4 Å². The normalized spacial score (nSPS) is 11.1. The van der Waals surface area contributed by atoms with Gasteiger partial charge < -0.3 is 20.7 Å². The van der Waals surface area contributed by atoms with Gasteiger partial charge in [-0.3, -0.25) is 9.59 Å². The van der Waals surface area contributed by atoms with Crippen LogP contribution in [0.5, 0.6) is 0 Å². The quantitative estimate of drug-likeness (QED) is 0.480. The number of urea groups is 1. The van der Waals surface area contributed by atoms with Crippen LogP contribution in [0, 0.1) is 0 Å². The number of nitrogens with two attached hydrogens (primary N) is 1. The molecule has 3 N–H and O–H groups in total. The Kier molecular flexibility index (Phi) is 8.94. The zero-order valence-electron chi connectivity index (χ0n) is 14.3. The van der Waals surface area contributed by atoms with Crippen molar-refractivity contribution in [1.82, 2.24) is 10.2 Å². The third-order valence-corrected chi connectivity index (χ3v) is 3.62. The number of esters is 1. The number of rotatable bonds is 10. The molecule has 0 bridgehead atoms. The molecular weight excluding hydrogens is 358 g/mol. The van der Waals surface area contributed by atoms with Crippen LogP contribution in [0.4, 0.5) is 4.79 Å². The molecule has 1 rings (SSSR count). The molecule has 0 aromatic heterocycles. The van der Waals surface area contributed by atoms with Crippen molar-refractivity contribution in [2.75, 3.05) is 19.7 Å². The van der Waals surface area contributed by atoms with Gasteiger partial charge in [0.2, 0.25) is 0 Å². The zero-order valence-corrected chi connectivity index (χ0v) is 15.1. The van der Waals surface area contributed by atoms with E-state index in [0.717, 1.165) is 0 Å². The first-order chi connectivity index (χ1) is 12.4.